The quantitative estimate of drug-likeness (QED) is 0.888. The van der Waals surface area contributed by atoms with Crippen LogP contribution >= 0.6 is 0 Å². The van der Waals surface area contributed by atoms with Crippen molar-refractivity contribution >= 4 is 22.4 Å². The highest BCUT2D eigenvalue weighted by Crippen LogP contribution is 2.27. The summed E-state index contributed by atoms with van der Waals surface area (Å²) in [6, 6.07) is 13.5. The van der Waals surface area contributed by atoms with Gasteiger partial charge in [-0.1, -0.05) is 36.4 Å². The molecular weight excluding hydrogens is 264 g/mol. The molecule has 2 aromatic carbocycles. The van der Waals surface area contributed by atoms with E-state index in [1.54, 1.807) is 12.0 Å². The van der Waals surface area contributed by atoms with Gasteiger partial charge in [-0.3, -0.25) is 4.79 Å². The van der Waals surface area contributed by atoms with Crippen LogP contribution in [-0.4, -0.2) is 32.2 Å². The number of anilines is 1. The summed E-state index contributed by atoms with van der Waals surface area (Å²) in [7, 11) is 1.61. The van der Waals surface area contributed by atoms with E-state index in [1.165, 1.54) is 0 Å². The minimum Gasteiger partial charge on any atom is -0.385 e. The van der Waals surface area contributed by atoms with Gasteiger partial charge in [0.05, 0.1) is 11.7 Å². The summed E-state index contributed by atoms with van der Waals surface area (Å²) < 4.78 is 5.00. The summed E-state index contributed by atoms with van der Waals surface area (Å²) in [5, 5.41) is 2.18. The second-order valence-electron chi connectivity index (χ2n) is 4.97. The smallest absolute Gasteiger partial charge is 0.243 e. The number of hydrogen-bond donors (Lipinski definition) is 1. The SMILES string of the molecule is CCN(C(=O)C(N)CCOC)c1cccc2ccccc12. The number of amides is 1. The third kappa shape index (κ3) is 3.40. The average molecular weight is 286 g/mol. The van der Waals surface area contributed by atoms with Gasteiger partial charge in [0.15, 0.2) is 0 Å². The Kier molecular flexibility index (Phi) is 5.31. The summed E-state index contributed by atoms with van der Waals surface area (Å²) in [6.07, 6.45) is 0.524. The fraction of sp³-hybridized carbons (Fsp3) is 0.353. The van der Waals surface area contributed by atoms with Crippen LogP contribution in [0.4, 0.5) is 5.69 Å². The molecule has 0 aliphatic carbocycles. The number of ether oxygens (including phenoxy) is 1. The Morgan fingerprint density at radius 1 is 1.24 bits per heavy atom. The van der Waals surface area contributed by atoms with Gasteiger partial charge in [0.25, 0.3) is 0 Å². The summed E-state index contributed by atoms with van der Waals surface area (Å²) >= 11 is 0. The van der Waals surface area contributed by atoms with Crippen LogP contribution in [0.25, 0.3) is 10.8 Å². The zero-order valence-corrected chi connectivity index (χ0v) is 12.6. The lowest BCUT2D eigenvalue weighted by Gasteiger charge is -2.25. The standard InChI is InChI=1S/C17H22N2O2/c1-3-19(17(20)15(18)11-12-21-2)16-10-6-8-13-7-4-5-9-14(13)16/h4-10,15H,3,11-12,18H2,1-2H3. The summed E-state index contributed by atoms with van der Waals surface area (Å²) in [4.78, 5) is 14.3. The van der Waals surface area contributed by atoms with Crippen LogP contribution in [0.15, 0.2) is 42.5 Å². The van der Waals surface area contributed by atoms with E-state index in [9.17, 15) is 4.79 Å². The van der Waals surface area contributed by atoms with E-state index in [0.717, 1.165) is 16.5 Å². The number of nitrogens with zero attached hydrogens (tertiary/aromatic N) is 1. The van der Waals surface area contributed by atoms with Crippen molar-refractivity contribution in [1.82, 2.24) is 0 Å². The second kappa shape index (κ2) is 7.20. The molecule has 0 fully saturated rings. The number of nitrogens with two attached hydrogens (primary N) is 1. The molecule has 0 heterocycles. The molecule has 2 N–H and O–H groups in total. The molecule has 0 saturated carbocycles. The predicted octanol–water partition coefficient (Wildman–Crippen LogP) is 2.56. The van der Waals surface area contributed by atoms with Gasteiger partial charge in [-0.15, -0.1) is 0 Å². The van der Waals surface area contributed by atoms with E-state index in [-0.39, 0.29) is 5.91 Å². The number of carbonyl (C=O) groups excluding carboxylic acids is 1. The van der Waals surface area contributed by atoms with Gasteiger partial charge in [0.1, 0.15) is 0 Å². The lowest BCUT2D eigenvalue weighted by molar-refractivity contribution is -0.120. The van der Waals surface area contributed by atoms with Gasteiger partial charge in [-0.2, -0.15) is 0 Å². The molecular formula is C17H22N2O2. The van der Waals surface area contributed by atoms with E-state index in [4.69, 9.17) is 10.5 Å². The van der Waals surface area contributed by atoms with Crippen molar-refractivity contribution < 1.29 is 9.53 Å². The van der Waals surface area contributed by atoms with Crippen LogP contribution < -0.4 is 10.6 Å². The Bertz CT molecular complexity index is 607. The molecule has 0 aromatic heterocycles. The van der Waals surface area contributed by atoms with Crippen molar-refractivity contribution in [1.29, 1.82) is 0 Å². The van der Waals surface area contributed by atoms with Crippen LogP contribution in [0.5, 0.6) is 0 Å². The van der Waals surface area contributed by atoms with Gasteiger partial charge in [-0.05, 0) is 24.8 Å². The van der Waals surface area contributed by atoms with Crippen molar-refractivity contribution in [3.05, 3.63) is 42.5 Å². The molecule has 2 rings (SSSR count). The highest BCUT2D eigenvalue weighted by molar-refractivity contribution is 6.05. The molecule has 1 amide bonds. The van der Waals surface area contributed by atoms with Gasteiger partial charge in [0, 0.05) is 25.6 Å². The topological polar surface area (TPSA) is 55.6 Å². The Morgan fingerprint density at radius 2 is 1.95 bits per heavy atom. The molecule has 1 atom stereocenters. The number of benzene rings is 2. The third-order valence-electron chi connectivity index (χ3n) is 3.59. The third-order valence-corrected chi connectivity index (χ3v) is 3.59. The Balaban J connectivity index is 2.33. The van der Waals surface area contributed by atoms with E-state index < -0.39 is 6.04 Å². The van der Waals surface area contributed by atoms with Gasteiger partial charge in [0.2, 0.25) is 5.91 Å². The number of hydrogen-bond acceptors (Lipinski definition) is 3. The Morgan fingerprint density at radius 3 is 2.67 bits per heavy atom. The molecule has 0 spiro atoms. The molecule has 112 valence electrons. The van der Waals surface area contributed by atoms with Gasteiger partial charge in [-0.25, -0.2) is 0 Å². The number of methoxy groups -OCH3 is 1. The average Bonchev–Trinajstić information content (AvgIpc) is 2.53. The van der Waals surface area contributed by atoms with E-state index in [2.05, 4.69) is 0 Å². The fourth-order valence-electron chi connectivity index (χ4n) is 2.46. The Hall–Kier alpha value is -1.91. The maximum atomic E-state index is 12.6. The highest BCUT2D eigenvalue weighted by Gasteiger charge is 2.22. The summed E-state index contributed by atoms with van der Waals surface area (Å²) in [6.45, 7) is 3.04. The second-order valence-corrected chi connectivity index (χ2v) is 4.97. The van der Waals surface area contributed by atoms with Gasteiger partial charge >= 0.3 is 0 Å². The molecule has 0 radical (unpaired) electrons. The maximum Gasteiger partial charge on any atom is 0.243 e. The predicted molar refractivity (Wildman–Crippen MR) is 86.4 cm³/mol. The van der Waals surface area contributed by atoms with E-state index in [0.29, 0.717) is 19.6 Å². The normalized spacial score (nSPS) is 12.3. The first-order chi connectivity index (χ1) is 10.2. The zero-order chi connectivity index (χ0) is 15.2. The number of rotatable bonds is 6. The highest BCUT2D eigenvalue weighted by atomic mass is 16.5. The van der Waals surface area contributed by atoms with Crippen LogP contribution in [0.2, 0.25) is 0 Å². The first-order valence-electron chi connectivity index (χ1n) is 7.22. The number of fused-ring (bicyclic) bond motifs is 1. The summed E-state index contributed by atoms with van der Waals surface area (Å²) in [5.41, 5.74) is 6.90. The largest absolute Gasteiger partial charge is 0.385 e. The molecule has 4 nitrogen and oxygen atoms in total. The first kappa shape index (κ1) is 15.5. The van der Waals surface area contributed by atoms with Crippen molar-refractivity contribution in [2.45, 2.75) is 19.4 Å². The maximum absolute atomic E-state index is 12.6. The number of likely N-dealkylation sites (N-methyl/N-ethyl adjacent to an activating group) is 1. The molecule has 0 saturated heterocycles. The molecule has 2 aromatic rings. The minimum absolute atomic E-state index is 0.0640. The van der Waals surface area contributed by atoms with E-state index >= 15 is 0 Å². The molecule has 1 unspecified atom stereocenters. The Labute approximate surface area is 125 Å². The molecule has 0 aliphatic heterocycles. The number of carbonyl (C=O) groups is 1. The van der Waals surface area contributed by atoms with Crippen molar-refractivity contribution in [2.75, 3.05) is 25.2 Å². The van der Waals surface area contributed by atoms with Crippen LogP contribution in [0.1, 0.15) is 13.3 Å². The van der Waals surface area contributed by atoms with Crippen molar-refractivity contribution in [2.24, 2.45) is 5.73 Å². The van der Waals surface area contributed by atoms with Crippen LogP contribution in [-0.2, 0) is 9.53 Å². The molecule has 4 heteroatoms. The molecule has 21 heavy (non-hydrogen) atoms. The van der Waals surface area contributed by atoms with Crippen LogP contribution in [0.3, 0.4) is 0 Å². The molecule has 0 aliphatic rings. The van der Waals surface area contributed by atoms with Crippen LogP contribution in [0, 0.1) is 0 Å². The minimum atomic E-state index is -0.538. The monoisotopic (exact) mass is 286 g/mol. The van der Waals surface area contributed by atoms with Crippen molar-refractivity contribution in [3.8, 4) is 0 Å². The fourth-order valence-corrected chi connectivity index (χ4v) is 2.46. The first-order valence-corrected chi connectivity index (χ1v) is 7.22. The lowest BCUT2D eigenvalue weighted by atomic mass is 10.1. The lowest BCUT2D eigenvalue weighted by Crippen LogP contribution is -2.44. The molecule has 0 bridgehead atoms. The van der Waals surface area contributed by atoms with E-state index in [1.807, 2.05) is 49.4 Å². The summed E-state index contributed by atoms with van der Waals surface area (Å²) in [5.74, 6) is -0.0640. The van der Waals surface area contributed by atoms with Crippen molar-refractivity contribution in [3.63, 3.8) is 0 Å². The zero-order valence-electron chi connectivity index (χ0n) is 12.6. The van der Waals surface area contributed by atoms with Gasteiger partial charge < -0.3 is 15.4 Å².